The number of ketones is 1. The number of aryl methyl sites for hydroxylation is 1. The molecule has 188 valence electrons. The van der Waals surface area contributed by atoms with Gasteiger partial charge in [0, 0.05) is 28.6 Å². The van der Waals surface area contributed by atoms with Crippen LogP contribution in [0.3, 0.4) is 0 Å². The summed E-state index contributed by atoms with van der Waals surface area (Å²) in [6, 6.07) is 32.4. The molecule has 6 rings (SSSR count). The van der Waals surface area contributed by atoms with Gasteiger partial charge in [-0.3, -0.25) is 4.79 Å². The van der Waals surface area contributed by atoms with E-state index in [2.05, 4.69) is 43.3 Å². The zero-order valence-electron chi connectivity index (χ0n) is 21.2. The van der Waals surface area contributed by atoms with Gasteiger partial charge in [0.2, 0.25) is 4.99 Å². The lowest BCUT2D eigenvalue weighted by Gasteiger charge is -2.47. The molecule has 4 aromatic rings. The van der Waals surface area contributed by atoms with Crippen molar-refractivity contribution in [3.05, 3.63) is 130 Å². The zero-order valence-corrected chi connectivity index (χ0v) is 22.8. The molecule has 0 bridgehead atoms. The molecule has 1 unspecified atom stereocenters. The number of halogens is 1. The van der Waals surface area contributed by atoms with E-state index in [-0.39, 0.29) is 5.78 Å². The molecule has 7 heteroatoms. The number of hydrogen-bond donors (Lipinski definition) is 0. The van der Waals surface area contributed by atoms with E-state index in [1.54, 1.807) is 6.92 Å². The smallest absolute Gasteiger partial charge is 0.234 e. The second-order valence-electron chi connectivity index (χ2n) is 9.37. The number of fused-ring (bicyclic) bond motifs is 2. The SMILES string of the molecule is CC(=O)C1=NN(c2cccc(Cl)c2C)C2(S1)c1ccccc1C(c1ccc(C)cc1)=NN2c1ccccc1. The first kappa shape index (κ1) is 24.5. The van der Waals surface area contributed by atoms with Crippen LogP contribution in [0.2, 0.25) is 5.02 Å². The van der Waals surface area contributed by atoms with Crippen molar-refractivity contribution >= 4 is 51.3 Å². The van der Waals surface area contributed by atoms with E-state index in [1.807, 2.05) is 77.6 Å². The zero-order chi connectivity index (χ0) is 26.4. The number of anilines is 2. The van der Waals surface area contributed by atoms with Crippen molar-refractivity contribution in [1.29, 1.82) is 0 Å². The van der Waals surface area contributed by atoms with E-state index < -0.39 is 4.99 Å². The second-order valence-corrected chi connectivity index (χ2v) is 10.9. The highest BCUT2D eigenvalue weighted by molar-refractivity contribution is 8.17. The largest absolute Gasteiger partial charge is 0.292 e. The maximum atomic E-state index is 12.8. The quantitative estimate of drug-likeness (QED) is 0.271. The molecule has 0 aromatic heterocycles. The lowest BCUT2D eigenvalue weighted by atomic mass is 9.93. The van der Waals surface area contributed by atoms with Crippen molar-refractivity contribution in [2.24, 2.45) is 10.2 Å². The first-order chi connectivity index (χ1) is 18.4. The highest BCUT2D eigenvalue weighted by atomic mass is 35.5. The van der Waals surface area contributed by atoms with Gasteiger partial charge in [-0.2, -0.15) is 10.2 Å². The van der Waals surface area contributed by atoms with Gasteiger partial charge in [0.1, 0.15) is 0 Å². The Bertz CT molecular complexity index is 1620. The van der Waals surface area contributed by atoms with Crippen molar-refractivity contribution in [1.82, 2.24) is 0 Å². The van der Waals surface area contributed by atoms with Gasteiger partial charge in [-0.1, -0.05) is 90.0 Å². The average molecular weight is 537 g/mol. The summed E-state index contributed by atoms with van der Waals surface area (Å²) in [7, 11) is 0. The maximum absolute atomic E-state index is 12.8. The average Bonchev–Trinajstić information content (AvgIpc) is 3.33. The molecule has 2 aliphatic rings. The molecule has 2 aliphatic heterocycles. The molecule has 0 saturated heterocycles. The topological polar surface area (TPSA) is 48.3 Å². The number of benzene rings is 4. The number of rotatable bonds is 4. The number of nitrogens with zero attached hydrogens (tertiary/aromatic N) is 4. The summed E-state index contributed by atoms with van der Waals surface area (Å²) in [6.07, 6.45) is 0. The summed E-state index contributed by atoms with van der Waals surface area (Å²) in [5, 5.41) is 15.2. The number of para-hydroxylation sites is 1. The van der Waals surface area contributed by atoms with Crippen LogP contribution in [0.15, 0.2) is 107 Å². The molecule has 4 aromatic carbocycles. The molecular weight excluding hydrogens is 512 g/mol. The second kappa shape index (κ2) is 9.46. The number of carbonyl (C=O) groups excluding carboxylic acids is 1. The fourth-order valence-electron chi connectivity index (χ4n) is 4.88. The highest BCUT2D eigenvalue weighted by Crippen LogP contribution is 2.55. The van der Waals surface area contributed by atoms with Gasteiger partial charge < -0.3 is 0 Å². The van der Waals surface area contributed by atoms with E-state index in [0.29, 0.717) is 10.1 Å². The van der Waals surface area contributed by atoms with Gasteiger partial charge in [-0.15, -0.1) is 0 Å². The molecule has 0 amide bonds. The molecule has 0 aliphatic carbocycles. The fourth-order valence-corrected chi connectivity index (χ4v) is 6.33. The van der Waals surface area contributed by atoms with Gasteiger partial charge in [0.25, 0.3) is 0 Å². The Kier molecular flexibility index (Phi) is 6.09. The molecule has 2 heterocycles. The number of carbonyl (C=O) groups is 1. The van der Waals surface area contributed by atoms with Crippen molar-refractivity contribution < 1.29 is 4.79 Å². The molecule has 0 N–H and O–H groups in total. The Morgan fingerprint density at radius 1 is 0.816 bits per heavy atom. The Balaban J connectivity index is 1.68. The van der Waals surface area contributed by atoms with Crippen molar-refractivity contribution in [3.63, 3.8) is 0 Å². The Morgan fingerprint density at radius 3 is 2.26 bits per heavy atom. The first-order valence-electron chi connectivity index (χ1n) is 12.3. The molecule has 0 fully saturated rings. The summed E-state index contributed by atoms with van der Waals surface area (Å²) in [5.41, 5.74) is 7.59. The summed E-state index contributed by atoms with van der Waals surface area (Å²) in [5.74, 6) is -0.102. The van der Waals surface area contributed by atoms with Crippen LogP contribution in [0.25, 0.3) is 0 Å². The van der Waals surface area contributed by atoms with Crippen molar-refractivity contribution in [2.75, 3.05) is 10.0 Å². The molecule has 0 radical (unpaired) electrons. The molecule has 1 spiro atoms. The van der Waals surface area contributed by atoms with E-state index in [4.69, 9.17) is 21.8 Å². The molecule has 38 heavy (non-hydrogen) atoms. The Hall–Kier alpha value is -3.87. The van der Waals surface area contributed by atoms with Crippen molar-refractivity contribution in [3.8, 4) is 0 Å². The summed E-state index contributed by atoms with van der Waals surface area (Å²) in [4.78, 5) is 11.8. The van der Waals surface area contributed by atoms with Crippen LogP contribution in [0.5, 0.6) is 0 Å². The summed E-state index contributed by atoms with van der Waals surface area (Å²) in [6.45, 7) is 5.60. The maximum Gasteiger partial charge on any atom is 0.234 e. The minimum atomic E-state index is -0.997. The van der Waals surface area contributed by atoms with E-state index in [9.17, 15) is 4.79 Å². The number of thioether (sulfide) groups is 1. The van der Waals surface area contributed by atoms with Gasteiger partial charge in [-0.05, 0) is 55.4 Å². The fraction of sp³-hybridized carbons (Fsp3) is 0.129. The molecule has 0 saturated carbocycles. The van der Waals surface area contributed by atoms with Crippen LogP contribution in [-0.4, -0.2) is 16.5 Å². The Labute approximate surface area is 231 Å². The minimum Gasteiger partial charge on any atom is -0.292 e. The van der Waals surface area contributed by atoms with Gasteiger partial charge in [0.05, 0.1) is 17.1 Å². The summed E-state index contributed by atoms with van der Waals surface area (Å²) < 4.78 is 0. The number of Topliss-reactive ketones (excluding diaryl/α,β-unsaturated/α-hetero) is 1. The van der Waals surface area contributed by atoms with Crippen LogP contribution < -0.4 is 10.0 Å². The third-order valence-corrected chi connectivity index (χ3v) is 8.65. The molecule has 1 atom stereocenters. The summed E-state index contributed by atoms with van der Waals surface area (Å²) >= 11 is 8.01. The Morgan fingerprint density at radius 2 is 1.53 bits per heavy atom. The lowest BCUT2D eigenvalue weighted by molar-refractivity contribution is -0.110. The minimum absolute atomic E-state index is 0.102. The van der Waals surface area contributed by atoms with Crippen LogP contribution in [0.1, 0.15) is 34.7 Å². The predicted octanol–water partition coefficient (Wildman–Crippen LogP) is 7.50. The van der Waals surface area contributed by atoms with Gasteiger partial charge >= 0.3 is 0 Å². The monoisotopic (exact) mass is 536 g/mol. The lowest BCUT2D eigenvalue weighted by Crippen LogP contribution is -2.54. The van der Waals surface area contributed by atoms with Crippen LogP contribution in [0, 0.1) is 13.8 Å². The normalized spacial score (nSPS) is 18.3. The first-order valence-corrected chi connectivity index (χ1v) is 13.5. The molecular formula is C31H25ClN4OS. The molecule has 5 nitrogen and oxygen atoms in total. The van der Waals surface area contributed by atoms with E-state index in [0.717, 1.165) is 39.3 Å². The van der Waals surface area contributed by atoms with Crippen molar-refractivity contribution in [2.45, 2.75) is 25.8 Å². The van der Waals surface area contributed by atoms with Crippen LogP contribution >= 0.6 is 23.4 Å². The number of hydrazone groups is 2. The van der Waals surface area contributed by atoms with Gasteiger partial charge in [0.15, 0.2) is 10.8 Å². The standard InChI is InChI=1S/C31H25ClN4OS/c1-20-16-18-23(19-17-20)29-25-12-7-8-13-26(25)31(35(33-29)24-10-5-4-6-11-24)36(34-30(38-31)22(3)37)28-15-9-14-27(32)21(28)2/h4-19H,1-3H3. The third kappa shape index (κ3) is 3.83. The highest BCUT2D eigenvalue weighted by Gasteiger charge is 2.56. The third-order valence-electron chi connectivity index (χ3n) is 6.83. The number of hydrogen-bond acceptors (Lipinski definition) is 6. The van der Waals surface area contributed by atoms with E-state index in [1.165, 1.54) is 17.3 Å². The predicted molar refractivity (Wildman–Crippen MR) is 158 cm³/mol. The van der Waals surface area contributed by atoms with E-state index >= 15 is 0 Å². The van der Waals surface area contributed by atoms with Gasteiger partial charge in [-0.25, -0.2) is 10.0 Å². The van der Waals surface area contributed by atoms with Crippen LogP contribution in [-0.2, 0) is 9.79 Å². The van der Waals surface area contributed by atoms with Crippen LogP contribution in [0.4, 0.5) is 11.4 Å².